The van der Waals surface area contributed by atoms with Gasteiger partial charge in [-0.3, -0.25) is 0 Å². The lowest BCUT2D eigenvalue weighted by atomic mass is 9.87. The quantitative estimate of drug-likeness (QED) is 0.761. The van der Waals surface area contributed by atoms with Crippen LogP contribution in [0.5, 0.6) is 11.5 Å². The van der Waals surface area contributed by atoms with Gasteiger partial charge in [0.1, 0.15) is 5.82 Å². The largest absolute Gasteiger partial charge is 0.493 e. The Kier molecular flexibility index (Phi) is 6.07. The van der Waals surface area contributed by atoms with E-state index in [2.05, 4.69) is 30.7 Å². The lowest BCUT2D eigenvalue weighted by Crippen LogP contribution is -2.14. The molecule has 6 nitrogen and oxygen atoms in total. The maximum Gasteiger partial charge on any atom is 0.221 e. The molecule has 2 aromatic rings. The third-order valence-electron chi connectivity index (χ3n) is 4.53. The van der Waals surface area contributed by atoms with Crippen LogP contribution in [-0.2, 0) is 6.42 Å². The summed E-state index contributed by atoms with van der Waals surface area (Å²) in [5, 5.41) is 0. The van der Waals surface area contributed by atoms with Gasteiger partial charge in [0.15, 0.2) is 11.5 Å². The number of nitrogen functional groups attached to an aromatic ring is 2. The van der Waals surface area contributed by atoms with Gasteiger partial charge in [0.25, 0.3) is 0 Å². The Morgan fingerprint density at radius 2 is 1.92 bits per heavy atom. The van der Waals surface area contributed by atoms with Crippen LogP contribution >= 0.6 is 0 Å². The number of methoxy groups -OCH3 is 1. The molecule has 0 saturated heterocycles. The zero-order valence-electron chi connectivity index (χ0n) is 15.5. The molecule has 0 aliphatic rings. The van der Waals surface area contributed by atoms with Crippen LogP contribution in [-0.4, -0.2) is 23.7 Å². The van der Waals surface area contributed by atoms with Crippen LogP contribution in [0.25, 0.3) is 0 Å². The maximum atomic E-state index is 5.92. The summed E-state index contributed by atoms with van der Waals surface area (Å²) in [7, 11) is 1.64. The first kappa shape index (κ1) is 18.8. The highest BCUT2D eigenvalue weighted by molar-refractivity contribution is 5.48. The molecule has 0 atom stereocenters. The lowest BCUT2D eigenvalue weighted by Gasteiger charge is -2.22. The monoisotopic (exact) mass is 344 g/mol. The second-order valence-corrected chi connectivity index (χ2v) is 6.92. The van der Waals surface area contributed by atoms with Crippen LogP contribution < -0.4 is 20.9 Å². The Bertz CT molecular complexity index is 717. The molecule has 0 amide bonds. The fourth-order valence-electron chi connectivity index (χ4n) is 2.35. The third kappa shape index (κ3) is 5.24. The Labute approximate surface area is 149 Å². The van der Waals surface area contributed by atoms with Crippen LogP contribution in [0.3, 0.4) is 0 Å². The van der Waals surface area contributed by atoms with Gasteiger partial charge in [-0.2, -0.15) is 4.98 Å². The van der Waals surface area contributed by atoms with Gasteiger partial charge in [0.05, 0.1) is 13.7 Å². The van der Waals surface area contributed by atoms with Gasteiger partial charge in [0.2, 0.25) is 5.95 Å². The summed E-state index contributed by atoms with van der Waals surface area (Å²) in [5.41, 5.74) is 13.6. The minimum Gasteiger partial charge on any atom is -0.493 e. The molecule has 1 aromatic heterocycles. The number of benzene rings is 1. The fourth-order valence-corrected chi connectivity index (χ4v) is 2.35. The summed E-state index contributed by atoms with van der Waals surface area (Å²) >= 11 is 0. The lowest BCUT2D eigenvalue weighted by molar-refractivity contribution is 0.216. The van der Waals surface area contributed by atoms with Crippen molar-refractivity contribution in [1.82, 2.24) is 9.97 Å². The normalized spacial score (nSPS) is 11.4. The molecule has 0 bridgehead atoms. The average molecular weight is 344 g/mol. The molecule has 0 saturated carbocycles. The number of nitrogens with two attached hydrogens (primary N) is 2. The third-order valence-corrected chi connectivity index (χ3v) is 4.53. The molecule has 0 aliphatic carbocycles. The molecule has 1 heterocycles. The van der Waals surface area contributed by atoms with Crippen molar-refractivity contribution in [2.75, 3.05) is 25.2 Å². The van der Waals surface area contributed by atoms with E-state index in [0.29, 0.717) is 24.6 Å². The van der Waals surface area contributed by atoms with Crippen LogP contribution in [0.4, 0.5) is 11.8 Å². The number of nitrogens with zero attached hydrogens (tertiary/aromatic N) is 2. The molecule has 0 radical (unpaired) electrons. The summed E-state index contributed by atoms with van der Waals surface area (Å²) in [6.45, 7) is 7.35. The van der Waals surface area contributed by atoms with E-state index in [0.717, 1.165) is 29.7 Å². The van der Waals surface area contributed by atoms with Crippen molar-refractivity contribution in [3.63, 3.8) is 0 Å². The number of rotatable bonds is 8. The van der Waals surface area contributed by atoms with E-state index in [1.807, 2.05) is 18.2 Å². The number of aromatic nitrogens is 2. The van der Waals surface area contributed by atoms with Crippen molar-refractivity contribution >= 4 is 11.8 Å². The summed E-state index contributed by atoms with van der Waals surface area (Å²) in [5.74, 6) is 2.03. The summed E-state index contributed by atoms with van der Waals surface area (Å²) in [6, 6.07) is 5.89. The topological polar surface area (TPSA) is 96.3 Å². The average Bonchev–Trinajstić information content (AvgIpc) is 2.58. The maximum absolute atomic E-state index is 5.92. The fraction of sp³-hybridized carbons (Fsp3) is 0.474. The van der Waals surface area contributed by atoms with E-state index in [4.69, 9.17) is 20.9 Å². The van der Waals surface area contributed by atoms with Crippen molar-refractivity contribution in [3.05, 3.63) is 35.5 Å². The highest BCUT2D eigenvalue weighted by atomic mass is 16.5. The predicted octanol–water partition coefficient (Wildman–Crippen LogP) is 3.45. The molecule has 0 aliphatic heterocycles. The first-order valence-electron chi connectivity index (χ1n) is 8.51. The van der Waals surface area contributed by atoms with Crippen molar-refractivity contribution in [2.24, 2.45) is 5.41 Å². The second kappa shape index (κ2) is 8.05. The van der Waals surface area contributed by atoms with E-state index >= 15 is 0 Å². The summed E-state index contributed by atoms with van der Waals surface area (Å²) < 4.78 is 11.4. The number of ether oxygens (including phenoxy) is 2. The molecule has 6 heteroatoms. The minimum atomic E-state index is 0.178. The van der Waals surface area contributed by atoms with Crippen LogP contribution in [0.2, 0.25) is 0 Å². The summed E-state index contributed by atoms with van der Waals surface area (Å²) in [6.07, 6.45) is 4.37. The first-order chi connectivity index (χ1) is 11.8. The van der Waals surface area contributed by atoms with Crippen molar-refractivity contribution < 1.29 is 9.47 Å². The van der Waals surface area contributed by atoms with Gasteiger partial charge in [-0.25, -0.2) is 4.98 Å². The molecule has 0 spiro atoms. The number of hydrogen-bond acceptors (Lipinski definition) is 6. The van der Waals surface area contributed by atoms with Crippen molar-refractivity contribution in [1.29, 1.82) is 0 Å². The molecule has 4 N–H and O–H groups in total. The van der Waals surface area contributed by atoms with E-state index in [1.165, 1.54) is 0 Å². The standard InChI is InChI=1S/C19H28N4O2/c1-5-19(2,3)8-9-25-15-7-6-13(11-16(15)24-4)10-14-12-22-18(21)23-17(14)20/h6-7,11-12H,5,8-10H2,1-4H3,(H4,20,21,22,23). The zero-order valence-corrected chi connectivity index (χ0v) is 15.5. The van der Waals surface area contributed by atoms with E-state index in [1.54, 1.807) is 13.3 Å². The van der Waals surface area contributed by atoms with Gasteiger partial charge in [0, 0.05) is 18.2 Å². The smallest absolute Gasteiger partial charge is 0.221 e. The minimum absolute atomic E-state index is 0.178. The van der Waals surface area contributed by atoms with E-state index in [-0.39, 0.29) is 11.4 Å². The molecular weight excluding hydrogens is 316 g/mol. The van der Waals surface area contributed by atoms with Crippen LogP contribution in [0, 0.1) is 5.41 Å². The van der Waals surface area contributed by atoms with Crippen molar-refractivity contribution in [3.8, 4) is 11.5 Å². The number of hydrogen-bond donors (Lipinski definition) is 2. The van der Waals surface area contributed by atoms with Crippen molar-refractivity contribution in [2.45, 2.75) is 40.0 Å². The van der Waals surface area contributed by atoms with Gasteiger partial charge < -0.3 is 20.9 Å². The molecule has 25 heavy (non-hydrogen) atoms. The highest BCUT2D eigenvalue weighted by Gasteiger charge is 2.16. The molecule has 1 aromatic carbocycles. The van der Waals surface area contributed by atoms with Gasteiger partial charge in [-0.05, 0) is 29.5 Å². The van der Waals surface area contributed by atoms with E-state index < -0.39 is 0 Å². The first-order valence-corrected chi connectivity index (χ1v) is 8.51. The molecule has 0 unspecified atom stereocenters. The molecule has 0 fully saturated rings. The van der Waals surface area contributed by atoms with Crippen LogP contribution in [0.1, 0.15) is 44.7 Å². The predicted molar refractivity (Wildman–Crippen MR) is 101 cm³/mol. The van der Waals surface area contributed by atoms with Gasteiger partial charge >= 0.3 is 0 Å². The molecule has 2 rings (SSSR count). The molecular formula is C19H28N4O2. The van der Waals surface area contributed by atoms with E-state index in [9.17, 15) is 0 Å². The Hall–Kier alpha value is -2.50. The zero-order chi connectivity index (χ0) is 18.4. The highest BCUT2D eigenvalue weighted by Crippen LogP contribution is 2.31. The summed E-state index contributed by atoms with van der Waals surface area (Å²) in [4.78, 5) is 7.99. The second-order valence-electron chi connectivity index (χ2n) is 6.92. The Balaban J connectivity index is 2.08. The Morgan fingerprint density at radius 1 is 1.16 bits per heavy atom. The van der Waals surface area contributed by atoms with Gasteiger partial charge in [-0.1, -0.05) is 33.3 Å². The molecule has 136 valence electrons. The SMILES string of the molecule is CCC(C)(C)CCOc1ccc(Cc2cnc(N)nc2N)cc1OC. The Morgan fingerprint density at radius 3 is 2.56 bits per heavy atom. The van der Waals surface area contributed by atoms with Gasteiger partial charge in [-0.15, -0.1) is 0 Å². The van der Waals surface area contributed by atoms with Crippen LogP contribution in [0.15, 0.2) is 24.4 Å². The number of anilines is 2.